The molecule has 0 N–H and O–H groups in total. The Morgan fingerprint density at radius 2 is 1.07 bits per heavy atom. The van der Waals surface area contributed by atoms with Gasteiger partial charge in [-0.15, -0.1) is 0 Å². The van der Waals surface area contributed by atoms with Crippen LogP contribution in [0.15, 0.2) is 140 Å². The summed E-state index contributed by atoms with van der Waals surface area (Å²) in [7, 11) is 0. The predicted octanol–water partition coefficient (Wildman–Crippen LogP) is 10.2. The molecule has 0 radical (unpaired) electrons. The fourth-order valence-corrected chi connectivity index (χ4v) is 7.70. The second-order valence-corrected chi connectivity index (χ2v) is 11.9. The molecule has 4 nitrogen and oxygen atoms in total. The maximum Gasteiger partial charge on any atom is 0.140 e. The summed E-state index contributed by atoms with van der Waals surface area (Å²) in [5.74, 6) is 1.82. The van der Waals surface area contributed by atoms with E-state index in [1.165, 1.54) is 54.9 Å². The first-order valence-corrected chi connectivity index (χ1v) is 15.6. The lowest BCUT2D eigenvalue weighted by atomic mass is 10.0. The van der Waals surface area contributed by atoms with E-state index in [1.807, 2.05) is 0 Å². The molecular weight excluding hydrogens is 548 g/mol. The van der Waals surface area contributed by atoms with Crippen molar-refractivity contribution in [3.05, 3.63) is 151 Å². The summed E-state index contributed by atoms with van der Waals surface area (Å²) in [5, 5.41) is 6.23. The number of aromatic nitrogens is 4. The minimum Gasteiger partial charge on any atom is -0.313 e. The minimum absolute atomic E-state index is 0.909. The number of fused-ring (bicyclic) bond motifs is 10. The first kappa shape index (κ1) is 24.6. The number of pyridine rings is 1. The van der Waals surface area contributed by atoms with Crippen molar-refractivity contribution in [2.45, 2.75) is 12.8 Å². The molecule has 212 valence electrons. The van der Waals surface area contributed by atoms with Crippen LogP contribution in [-0.2, 0) is 6.42 Å². The SMILES string of the molecule is C1=Cc2c(n(-c3ccccc3)c3ccc4c5ccccc5n(-c5cccc(-n6c7ccccc7c7ccccc76)n5)c4c23)CC1. The van der Waals surface area contributed by atoms with Gasteiger partial charge in [-0.05, 0) is 61.4 Å². The summed E-state index contributed by atoms with van der Waals surface area (Å²) in [4.78, 5) is 5.44. The third kappa shape index (κ3) is 3.39. The van der Waals surface area contributed by atoms with Gasteiger partial charge in [0, 0.05) is 43.9 Å². The van der Waals surface area contributed by atoms with Crippen LogP contribution in [-0.4, -0.2) is 18.7 Å². The normalized spacial score (nSPS) is 13.1. The van der Waals surface area contributed by atoms with Crippen LogP contribution in [0.5, 0.6) is 0 Å². The maximum absolute atomic E-state index is 5.44. The van der Waals surface area contributed by atoms with Crippen LogP contribution in [0.25, 0.3) is 77.9 Å². The molecule has 0 bridgehead atoms. The van der Waals surface area contributed by atoms with Crippen LogP contribution in [0.2, 0.25) is 0 Å². The molecule has 0 aliphatic heterocycles. The summed E-state index contributed by atoms with van der Waals surface area (Å²) >= 11 is 0. The lowest BCUT2D eigenvalue weighted by Crippen LogP contribution is -2.03. The van der Waals surface area contributed by atoms with Crippen LogP contribution in [0.1, 0.15) is 17.7 Å². The van der Waals surface area contributed by atoms with Crippen molar-refractivity contribution < 1.29 is 0 Å². The van der Waals surface area contributed by atoms with E-state index in [-0.39, 0.29) is 0 Å². The topological polar surface area (TPSA) is 27.7 Å². The molecule has 4 heterocycles. The van der Waals surface area contributed by atoms with Crippen LogP contribution in [0.4, 0.5) is 0 Å². The maximum atomic E-state index is 5.44. The van der Waals surface area contributed by atoms with Gasteiger partial charge in [0.05, 0.1) is 27.6 Å². The Morgan fingerprint density at radius 3 is 1.78 bits per heavy atom. The van der Waals surface area contributed by atoms with Crippen molar-refractivity contribution in [2.75, 3.05) is 0 Å². The highest BCUT2D eigenvalue weighted by Gasteiger charge is 2.24. The Morgan fingerprint density at radius 1 is 0.467 bits per heavy atom. The molecule has 0 atom stereocenters. The van der Waals surface area contributed by atoms with Crippen molar-refractivity contribution in [3.63, 3.8) is 0 Å². The number of allylic oxidation sites excluding steroid dienone is 1. The number of benzene rings is 5. The summed E-state index contributed by atoms with van der Waals surface area (Å²) in [6, 6.07) is 47.8. The van der Waals surface area contributed by atoms with Gasteiger partial charge in [0.2, 0.25) is 0 Å². The Hall–Kier alpha value is -5.87. The Balaban J connectivity index is 1.32. The van der Waals surface area contributed by atoms with Gasteiger partial charge in [-0.3, -0.25) is 9.13 Å². The molecule has 1 aliphatic carbocycles. The molecule has 0 fully saturated rings. The fraction of sp³-hybridized carbons (Fsp3) is 0.0488. The molecule has 5 aromatic carbocycles. The standard InChI is InChI=1S/C41H28N4/c1-2-13-27(14-3-1)43-36-22-11-7-18-32(36)40-37(43)26-25-31-30-17-6-10-21-35(30)45(41(31)40)39-24-12-23-38(42-39)44-33-19-8-4-15-28(33)29-16-5-9-20-34(29)44/h1-10,12-21,23-26H,11,22H2. The number of hydrogen-bond acceptors (Lipinski definition) is 1. The average molecular weight is 577 g/mol. The van der Waals surface area contributed by atoms with E-state index < -0.39 is 0 Å². The van der Waals surface area contributed by atoms with Crippen LogP contribution >= 0.6 is 0 Å². The van der Waals surface area contributed by atoms with Crippen LogP contribution < -0.4 is 0 Å². The van der Waals surface area contributed by atoms with Gasteiger partial charge in [-0.2, -0.15) is 0 Å². The minimum atomic E-state index is 0.909. The van der Waals surface area contributed by atoms with Gasteiger partial charge in [-0.25, -0.2) is 4.98 Å². The first-order valence-electron chi connectivity index (χ1n) is 15.6. The smallest absolute Gasteiger partial charge is 0.140 e. The second-order valence-electron chi connectivity index (χ2n) is 11.9. The van der Waals surface area contributed by atoms with Gasteiger partial charge in [-0.1, -0.05) is 97.1 Å². The first-order chi connectivity index (χ1) is 22.4. The summed E-state index contributed by atoms with van der Waals surface area (Å²) in [5.41, 5.74) is 9.80. The van der Waals surface area contributed by atoms with Crippen LogP contribution in [0, 0.1) is 0 Å². The molecule has 0 saturated carbocycles. The van der Waals surface area contributed by atoms with E-state index in [0.717, 1.165) is 41.0 Å². The van der Waals surface area contributed by atoms with E-state index in [0.29, 0.717) is 0 Å². The van der Waals surface area contributed by atoms with E-state index in [4.69, 9.17) is 4.98 Å². The molecule has 4 aromatic heterocycles. The Labute approximate surface area is 259 Å². The molecule has 0 unspecified atom stereocenters. The summed E-state index contributed by atoms with van der Waals surface area (Å²) < 4.78 is 7.16. The highest BCUT2D eigenvalue weighted by molar-refractivity contribution is 6.20. The Kier molecular flexibility index (Phi) is 5.08. The van der Waals surface area contributed by atoms with Crippen molar-refractivity contribution in [1.82, 2.24) is 18.7 Å². The number of para-hydroxylation sites is 4. The zero-order valence-corrected chi connectivity index (χ0v) is 24.6. The zero-order chi connectivity index (χ0) is 29.5. The molecule has 0 spiro atoms. The molecule has 0 amide bonds. The van der Waals surface area contributed by atoms with Crippen LogP contribution in [0.3, 0.4) is 0 Å². The van der Waals surface area contributed by atoms with Gasteiger partial charge in [0.25, 0.3) is 0 Å². The fourth-order valence-electron chi connectivity index (χ4n) is 7.70. The third-order valence-electron chi connectivity index (χ3n) is 9.51. The van der Waals surface area contributed by atoms with Gasteiger partial charge >= 0.3 is 0 Å². The molecule has 9 aromatic rings. The molecular formula is C41H28N4. The van der Waals surface area contributed by atoms with E-state index in [2.05, 4.69) is 159 Å². The largest absolute Gasteiger partial charge is 0.313 e. The highest BCUT2D eigenvalue weighted by atomic mass is 15.1. The zero-order valence-electron chi connectivity index (χ0n) is 24.6. The molecule has 4 heteroatoms. The van der Waals surface area contributed by atoms with E-state index in [9.17, 15) is 0 Å². The second kappa shape index (κ2) is 9.31. The number of nitrogens with zero attached hydrogens (tertiary/aromatic N) is 4. The van der Waals surface area contributed by atoms with E-state index in [1.54, 1.807) is 0 Å². The average Bonchev–Trinajstić information content (AvgIpc) is 3.74. The van der Waals surface area contributed by atoms with Gasteiger partial charge in [0.15, 0.2) is 0 Å². The molecule has 0 saturated heterocycles. The predicted molar refractivity (Wildman–Crippen MR) is 187 cm³/mol. The summed E-state index contributed by atoms with van der Waals surface area (Å²) in [6.07, 6.45) is 6.72. The van der Waals surface area contributed by atoms with Gasteiger partial charge < -0.3 is 4.57 Å². The third-order valence-corrected chi connectivity index (χ3v) is 9.51. The van der Waals surface area contributed by atoms with Gasteiger partial charge in [0.1, 0.15) is 11.6 Å². The Bertz CT molecular complexity index is 2590. The number of rotatable bonds is 3. The van der Waals surface area contributed by atoms with Crippen molar-refractivity contribution in [3.8, 4) is 17.3 Å². The summed E-state index contributed by atoms with van der Waals surface area (Å²) in [6.45, 7) is 0. The molecule has 10 rings (SSSR count). The lowest BCUT2D eigenvalue weighted by Gasteiger charge is -2.13. The molecule has 45 heavy (non-hydrogen) atoms. The van der Waals surface area contributed by atoms with Crippen molar-refractivity contribution in [1.29, 1.82) is 0 Å². The lowest BCUT2D eigenvalue weighted by molar-refractivity contribution is 0.888. The highest BCUT2D eigenvalue weighted by Crippen LogP contribution is 2.42. The van der Waals surface area contributed by atoms with Crippen molar-refractivity contribution >= 4 is 60.6 Å². The molecule has 1 aliphatic rings. The monoisotopic (exact) mass is 576 g/mol. The number of hydrogen-bond donors (Lipinski definition) is 0. The quantitative estimate of drug-likeness (QED) is 0.206. The van der Waals surface area contributed by atoms with E-state index >= 15 is 0 Å². The van der Waals surface area contributed by atoms with Crippen molar-refractivity contribution in [2.24, 2.45) is 0 Å².